The lowest BCUT2D eigenvalue weighted by Crippen LogP contribution is -2.33. The summed E-state index contributed by atoms with van der Waals surface area (Å²) in [4.78, 5) is 5.03. The summed E-state index contributed by atoms with van der Waals surface area (Å²) in [5.41, 5.74) is 1.25. The lowest BCUT2D eigenvalue weighted by atomic mass is 9.97. The molecule has 2 heteroatoms. The second-order valence-electron chi connectivity index (χ2n) is 6.55. The Morgan fingerprint density at radius 2 is 1.77 bits per heavy atom. The molecule has 2 rings (SSSR count). The Kier molecular flexibility index (Phi) is 7.51. The molecule has 0 atom stereocenters. The SMILES string of the molecule is C=CC1=CCN(CCCCCCN2CCC(C=C)CC2)C=C1. The van der Waals surface area contributed by atoms with Gasteiger partial charge in [0.15, 0.2) is 0 Å². The van der Waals surface area contributed by atoms with E-state index in [1.807, 2.05) is 6.08 Å². The molecule has 0 bridgehead atoms. The monoisotopic (exact) mass is 300 g/mol. The van der Waals surface area contributed by atoms with E-state index in [1.54, 1.807) is 0 Å². The molecule has 0 aromatic rings. The highest BCUT2D eigenvalue weighted by Gasteiger charge is 2.15. The van der Waals surface area contributed by atoms with Gasteiger partial charge in [0, 0.05) is 13.1 Å². The summed E-state index contributed by atoms with van der Waals surface area (Å²) < 4.78 is 0. The van der Waals surface area contributed by atoms with Crippen LogP contribution in [0.4, 0.5) is 0 Å². The van der Waals surface area contributed by atoms with Gasteiger partial charge in [-0.05, 0) is 69.1 Å². The van der Waals surface area contributed by atoms with E-state index in [2.05, 4.69) is 47.4 Å². The number of allylic oxidation sites excluding steroid dienone is 4. The number of likely N-dealkylation sites (tertiary alicyclic amines) is 1. The van der Waals surface area contributed by atoms with E-state index < -0.39 is 0 Å². The van der Waals surface area contributed by atoms with Crippen molar-refractivity contribution in [3.8, 4) is 0 Å². The van der Waals surface area contributed by atoms with Gasteiger partial charge in [0.1, 0.15) is 0 Å². The zero-order chi connectivity index (χ0) is 15.6. The van der Waals surface area contributed by atoms with Crippen molar-refractivity contribution >= 4 is 0 Å². The maximum atomic E-state index is 3.92. The Morgan fingerprint density at radius 3 is 2.36 bits per heavy atom. The molecule has 2 heterocycles. The van der Waals surface area contributed by atoms with Gasteiger partial charge < -0.3 is 9.80 Å². The third-order valence-electron chi connectivity index (χ3n) is 4.91. The normalized spacial score (nSPS) is 20.0. The molecule has 2 aliphatic heterocycles. The molecule has 1 saturated heterocycles. The molecule has 22 heavy (non-hydrogen) atoms. The summed E-state index contributed by atoms with van der Waals surface area (Å²) in [5, 5.41) is 0. The third kappa shape index (κ3) is 5.84. The molecule has 0 amide bonds. The van der Waals surface area contributed by atoms with Crippen LogP contribution in [0.25, 0.3) is 0 Å². The zero-order valence-corrected chi connectivity index (χ0v) is 14.1. The van der Waals surface area contributed by atoms with Gasteiger partial charge in [-0.2, -0.15) is 0 Å². The van der Waals surface area contributed by atoms with Crippen LogP contribution in [-0.4, -0.2) is 42.5 Å². The molecule has 0 unspecified atom stereocenters. The average molecular weight is 300 g/mol. The number of hydrogen-bond donors (Lipinski definition) is 0. The van der Waals surface area contributed by atoms with Crippen LogP contribution in [0, 0.1) is 5.92 Å². The minimum Gasteiger partial charge on any atom is -0.374 e. The van der Waals surface area contributed by atoms with E-state index in [4.69, 9.17) is 0 Å². The Hall–Kier alpha value is -1.28. The van der Waals surface area contributed by atoms with Gasteiger partial charge in [-0.3, -0.25) is 0 Å². The molecule has 0 spiro atoms. The summed E-state index contributed by atoms with van der Waals surface area (Å²) in [6, 6.07) is 0. The van der Waals surface area contributed by atoms with Crippen LogP contribution >= 0.6 is 0 Å². The van der Waals surface area contributed by atoms with Gasteiger partial charge in [-0.1, -0.05) is 37.6 Å². The van der Waals surface area contributed by atoms with Crippen LogP contribution in [0.1, 0.15) is 38.5 Å². The van der Waals surface area contributed by atoms with Crippen molar-refractivity contribution in [2.45, 2.75) is 38.5 Å². The molecule has 0 radical (unpaired) electrons. The Morgan fingerprint density at radius 1 is 1.05 bits per heavy atom. The maximum absolute atomic E-state index is 3.92. The predicted octanol–water partition coefficient (Wildman–Crippen LogP) is 4.39. The van der Waals surface area contributed by atoms with Gasteiger partial charge >= 0.3 is 0 Å². The second kappa shape index (κ2) is 9.68. The van der Waals surface area contributed by atoms with E-state index in [0.717, 1.165) is 12.5 Å². The van der Waals surface area contributed by atoms with Crippen LogP contribution in [-0.2, 0) is 0 Å². The fourth-order valence-corrected chi connectivity index (χ4v) is 3.28. The second-order valence-corrected chi connectivity index (χ2v) is 6.55. The van der Waals surface area contributed by atoms with Crippen molar-refractivity contribution in [3.05, 3.63) is 49.2 Å². The van der Waals surface area contributed by atoms with E-state index in [9.17, 15) is 0 Å². The van der Waals surface area contributed by atoms with Gasteiger partial charge in [-0.25, -0.2) is 0 Å². The molecule has 0 aliphatic carbocycles. The van der Waals surface area contributed by atoms with Crippen molar-refractivity contribution in [2.75, 3.05) is 32.7 Å². The standard InChI is InChI=1S/C20H32N2/c1-3-19-9-15-21(16-10-19)13-7-5-6-8-14-22-17-11-20(4-2)12-18-22/h3-4,9-10,15,20H,1-2,5-8,11-14,16-18H2. The lowest BCUT2D eigenvalue weighted by molar-refractivity contribution is 0.199. The quantitative estimate of drug-likeness (QED) is 0.460. The van der Waals surface area contributed by atoms with E-state index in [-0.39, 0.29) is 0 Å². The average Bonchev–Trinajstić information content (AvgIpc) is 2.59. The number of hydrogen-bond acceptors (Lipinski definition) is 2. The summed E-state index contributed by atoms with van der Waals surface area (Å²) in [6.07, 6.45) is 18.7. The van der Waals surface area contributed by atoms with Gasteiger partial charge in [0.2, 0.25) is 0 Å². The highest BCUT2D eigenvalue weighted by molar-refractivity contribution is 5.31. The van der Waals surface area contributed by atoms with Crippen molar-refractivity contribution in [1.82, 2.24) is 9.80 Å². The van der Waals surface area contributed by atoms with Gasteiger partial charge in [0.25, 0.3) is 0 Å². The van der Waals surface area contributed by atoms with Crippen LogP contribution in [0.15, 0.2) is 49.2 Å². The van der Waals surface area contributed by atoms with Crippen molar-refractivity contribution in [1.29, 1.82) is 0 Å². The lowest BCUT2D eigenvalue weighted by Gasteiger charge is -2.30. The summed E-state index contributed by atoms with van der Waals surface area (Å²) in [6.45, 7) is 13.8. The van der Waals surface area contributed by atoms with Crippen molar-refractivity contribution < 1.29 is 0 Å². The van der Waals surface area contributed by atoms with Crippen molar-refractivity contribution in [2.24, 2.45) is 5.92 Å². The smallest absolute Gasteiger partial charge is 0.0362 e. The maximum Gasteiger partial charge on any atom is 0.0362 e. The molecule has 2 nitrogen and oxygen atoms in total. The fourth-order valence-electron chi connectivity index (χ4n) is 3.28. The number of rotatable bonds is 9. The predicted molar refractivity (Wildman–Crippen MR) is 96.8 cm³/mol. The molecule has 0 aromatic carbocycles. The molecular weight excluding hydrogens is 268 g/mol. The summed E-state index contributed by atoms with van der Waals surface area (Å²) >= 11 is 0. The number of piperidine rings is 1. The first-order valence-corrected chi connectivity index (χ1v) is 8.91. The first kappa shape index (κ1) is 17.1. The van der Waals surface area contributed by atoms with Crippen molar-refractivity contribution in [3.63, 3.8) is 0 Å². The highest BCUT2D eigenvalue weighted by atomic mass is 15.1. The molecule has 0 saturated carbocycles. The first-order valence-electron chi connectivity index (χ1n) is 8.91. The number of unbranched alkanes of at least 4 members (excludes halogenated alkanes) is 3. The van der Waals surface area contributed by atoms with Crippen LogP contribution < -0.4 is 0 Å². The molecule has 2 aliphatic rings. The Labute approximate surface area is 136 Å². The minimum absolute atomic E-state index is 0.768. The molecule has 0 aromatic heterocycles. The molecule has 0 N–H and O–H groups in total. The topological polar surface area (TPSA) is 6.48 Å². The Bertz CT molecular complexity index is 400. The Balaban J connectivity index is 1.45. The van der Waals surface area contributed by atoms with Crippen LogP contribution in [0.3, 0.4) is 0 Å². The van der Waals surface area contributed by atoms with E-state index in [1.165, 1.54) is 70.3 Å². The zero-order valence-electron chi connectivity index (χ0n) is 14.1. The summed E-state index contributed by atoms with van der Waals surface area (Å²) in [7, 11) is 0. The van der Waals surface area contributed by atoms with Crippen LogP contribution in [0.5, 0.6) is 0 Å². The molecule has 122 valence electrons. The van der Waals surface area contributed by atoms with Gasteiger partial charge in [0.05, 0.1) is 0 Å². The van der Waals surface area contributed by atoms with E-state index in [0.29, 0.717) is 0 Å². The van der Waals surface area contributed by atoms with Gasteiger partial charge in [-0.15, -0.1) is 6.58 Å². The largest absolute Gasteiger partial charge is 0.374 e. The third-order valence-corrected chi connectivity index (χ3v) is 4.91. The highest BCUT2D eigenvalue weighted by Crippen LogP contribution is 2.18. The fraction of sp³-hybridized carbons (Fsp3) is 0.600. The minimum atomic E-state index is 0.768. The number of nitrogens with zero attached hydrogens (tertiary/aromatic N) is 2. The first-order chi connectivity index (χ1) is 10.8. The van der Waals surface area contributed by atoms with E-state index >= 15 is 0 Å². The molecule has 1 fully saturated rings. The molecular formula is C20H32N2. The summed E-state index contributed by atoms with van der Waals surface area (Å²) in [5.74, 6) is 0.768. The van der Waals surface area contributed by atoms with Crippen LogP contribution in [0.2, 0.25) is 0 Å².